The Kier molecular flexibility index (Phi) is 2.74. The van der Waals surface area contributed by atoms with Crippen LogP contribution in [0.2, 0.25) is 0 Å². The number of hydrogen-bond donors (Lipinski definition) is 2. The zero-order valence-corrected chi connectivity index (χ0v) is 8.57. The molecule has 3 unspecified atom stereocenters. The monoisotopic (exact) mass is 198 g/mol. The first-order valence-corrected chi connectivity index (χ1v) is 5.39. The maximum absolute atomic E-state index is 10.9. The van der Waals surface area contributed by atoms with E-state index in [1.54, 1.807) is 6.92 Å². The van der Waals surface area contributed by atoms with Gasteiger partial charge >= 0.3 is 5.97 Å². The zero-order valence-electron chi connectivity index (χ0n) is 8.57. The predicted octanol–water partition coefficient (Wildman–Crippen LogP) is 0.286. The van der Waals surface area contributed by atoms with E-state index in [0.717, 1.165) is 19.5 Å². The molecule has 0 aliphatic carbocycles. The van der Waals surface area contributed by atoms with Gasteiger partial charge in [0.25, 0.3) is 0 Å². The summed E-state index contributed by atoms with van der Waals surface area (Å²) in [6.07, 6.45) is 3.56. The fourth-order valence-corrected chi connectivity index (χ4v) is 2.48. The van der Waals surface area contributed by atoms with Crippen LogP contribution in [-0.4, -0.2) is 47.2 Å². The summed E-state index contributed by atoms with van der Waals surface area (Å²) >= 11 is 0. The Bertz CT molecular complexity index is 232. The van der Waals surface area contributed by atoms with Crippen molar-refractivity contribution < 1.29 is 9.90 Å². The molecule has 14 heavy (non-hydrogen) atoms. The fraction of sp³-hybridized carbons (Fsp3) is 0.900. The van der Waals surface area contributed by atoms with E-state index in [9.17, 15) is 4.79 Å². The van der Waals surface area contributed by atoms with Crippen molar-refractivity contribution in [3.05, 3.63) is 0 Å². The average Bonchev–Trinajstić information content (AvgIpc) is 2.45. The van der Waals surface area contributed by atoms with Crippen LogP contribution in [-0.2, 0) is 4.79 Å². The standard InChI is InChI=1S/C10H18N2O2/c1-7(10(13)14)12-5-4-8-2-3-9(6-12)11-8/h7-9,11H,2-6H2,1H3,(H,13,14). The molecule has 2 aliphatic heterocycles. The molecule has 0 radical (unpaired) electrons. The summed E-state index contributed by atoms with van der Waals surface area (Å²) in [4.78, 5) is 12.9. The number of rotatable bonds is 2. The highest BCUT2D eigenvalue weighted by atomic mass is 16.4. The molecule has 3 atom stereocenters. The van der Waals surface area contributed by atoms with Gasteiger partial charge in [0, 0.05) is 25.2 Å². The van der Waals surface area contributed by atoms with Gasteiger partial charge in [0.2, 0.25) is 0 Å². The number of aliphatic carboxylic acids is 1. The van der Waals surface area contributed by atoms with Crippen LogP contribution in [0, 0.1) is 0 Å². The summed E-state index contributed by atoms with van der Waals surface area (Å²) in [6.45, 7) is 3.59. The Morgan fingerprint density at radius 2 is 2.14 bits per heavy atom. The van der Waals surface area contributed by atoms with E-state index < -0.39 is 5.97 Å². The lowest BCUT2D eigenvalue weighted by molar-refractivity contribution is -0.142. The van der Waals surface area contributed by atoms with E-state index in [4.69, 9.17) is 5.11 Å². The Morgan fingerprint density at radius 1 is 1.43 bits per heavy atom. The van der Waals surface area contributed by atoms with Gasteiger partial charge in [0.1, 0.15) is 6.04 Å². The maximum atomic E-state index is 10.9. The van der Waals surface area contributed by atoms with Gasteiger partial charge < -0.3 is 10.4 Å². The number of carboxylic acids is 1. The van der Waals surface area contributed by atoms with Crippen LogP contribution >= 0.6 is 0 Å². The van der Waals surface area contributed by atoms with Gasteiger partial charge in [0.05, 0.1) is 0 Å². The molecule has 2 N–H and O–H groups in total. The lowest BCUT2D eigenvalue weighted by atomic mass is 10.1. The van der Waals surface area contributed by atoms with Crippen LogP contribution in [0.5, 0.6) is 0 Å². The Labute approximate surface area is 84.3 Å². The molecule has 0 spiro atoms. The van der Waals surface area contributed by atoms with Crippen LogP contribution in [0.15, 0.2) is 0 Å². The van der Waals surface area contributed by atoms with Crippen molar-refractivity contribution in [1.29, 1.82) is 0 Å². The number of nitrogens with zero attached hydrogens (tertiary/aromatic N) is 1. The topological polar surface area (TPSA) is 52.6 Å². The van der Waals surface area contributed by atoms with Crippen molar-refractivity contribution in [2.24, 2.45) is 0 Å². The second kappa shape index (κ2) is 3.87. The second-order valence-corrected chi connectivity index (χ2v) is 4.44. The molecular formula is C10H18N2O2. The smallest absolute Gasteiger partial charge is 0.320 e. The molecule has 2 aliphatic rings. The molecule has 4 heteroatoms. The molecule has 0 aromatic carbocycles. The lowest BCUT2D eigenvalue weighted by Crippen LogP contribution is -2.44. The molecule has 2 fully saturated rings. The average molecular weight is 198 g/mol. The first kappa shape index (κ1) is 9.93. The van der Waals surface area contributed by atoms with E-state index in [1.807, 2.05) is 0 Å². The van der Waals surface area contributed by atoms with Crippen molar-refractivity contribution in [1.82, 2.24) is 10.2 Å². The molecule has 0 amide bonds. The first-order chi connectivity index (χ1) is 6.66. The Morgan fingerprint density at radius 3 is 2.86 bits per heavy atom. The highest BCUT2D eigenvalue weighted by Crippen LogP contribution is 2.21. The number of likely N-dealkylation sites (tertiary alicyclic amines) is 1. The molecular weight excluding hydrogens is 180 g/mol. The van der Waals surface area contributed by atoms with Gasteiger partial charge in [-0.15, -0.1) is 0 Å². The highest BCUT2D eigenvalue weighted by Gasteiger charge is 2.32. The number of carboxylic acid groups (broad SMARTS) is 1. The van der Waals surface area contributed by atoms with E-state index in [1.165, 1.54) is 12.8 Å². The minimum absolute atomic E-state index is 0.337. The minimum atomic E-state index is -0.706. The molecule has 2 rings (SSSR count). The van der Waals surface area contributed by atoms with Crippen molar-refractivity contribution in [3.8, 4) is 0 Å². The third kappa shape index (κ3) is 1.91. The van der Waals surface area contributed by atoms with Crippen LogP contribution in [0.3, 0.4) is 0 Å². The second-order valence-electron chi connectivity index (χ2n) is 4.44. The molecule has 0 aromatic rings. The van der Waals surface area contributed by atoms with Crippen molar-refractivity contribution in [3.63, 3.8) is 0 Å². The van der Waals surface area contributed by atoms with Crippen LogP contribution < -0.4 is 5.32 Å². The SMILES string of the molecule is CC(C(=O)O)N1CCC2CCC(C1)N2. The lowest BCUT2D eigenvalue weighted by Gasteiger charge is -2.27. The number of nitrogens with one attached hydrogen (secondary N) is 1. The van der Waals surface area contributed by atoms with Crippen molar-refractivity contribution in [2.75, 3.05) is 13.1 Å². The van der Waals surface area contributed by atoms with Crippen LogP contribution in [0.1, 0.15) is 26.2 Å². The molecule has 0 aromatic heterocycles. The molecule has 4 nitrogen and oxygen atoms in total. The van der Waals surface area contributed by atoms with Crippen molar-refractivity contribution in [2.45, 2.75) is 44.3 Å². The summed E-state index contributed by atoms with van der Waals surface area (Å²) < 4.78 is 0. The van der Waals surface area contributed by atoms with E-state index in [2.05, 4.69) is 10.2 Å². The van der Waals surface area contributed by atoms with Gasteiger partial charge in [0.15, 0.2) is 0 Å². The number of fused-ring (bicyclic) bond motifs is 2. The fourth-order valence-electron chi connectivity index (χ4n) is 2.48. The third-order valence-corrected chi connectivity index (χ3v) is 3.46. The van der Waals surface area contributed by atoms with E-state index in [-0.39, 0.29) is 6.04 Å². The predicted molar refractivity (Wildman–Crippen MR) is 53.2 cm³/mol. The third-order valence-electron chi connectivity index (χ3n) is 3.46. The molecule has 80 valence electrons. The Hall–Kier alpha value is -0.610. The number of carbonyl (C=O) groups is 1. The van der Waals surface area contributed by atoms with Gasteiger partial charge in [-0.2, -0.15) is 0 Å². The maximum Gasteiger partial charge on any atom is 0.320 e. The summed E-state index contributed by atoms with van der Waals surface area (Å²) in [7, 11) is 0. The van der Waals surface area contributed by atoms with Gasteiger partial charge in [-0.25, -0.2) is 0 Å². The molecule has 0 saturated carbocycles. The zero-order chi connectivity index (χ0) is 10.1. The van der Waals surface area contributed by atoms with Gasteiger partial charge in [-0.05, 0) is 26.2 Å². The molecule has 2 heterocycles. The summed E-state index contributed by atoms with van der Waals surface area (Å²) in [6, 6.07) is 0.812. The van der Waals surface area contributed by atoms with E-state index >= 15 is 0 Å². The van der Waals surface area contributed by atoms with Crippen LogP contribution in [0.25, 0.3) is 0 Å². The van der Waals surface area contributed by atoms with E-state index in [0.29, 0.717) is 12.1 Å². The quantitative estimate of drug-likeness (QED) is 0.669. The minimum Gasteiger partial charge on any atom is -0.480 e. The summed E-state index contributed by atoms with van der Waals surface area (Å²) in [5.74, 6) is -0.706. The normalized spacial score (nSPS) is 35.2. The van der Waals surface area contributed by atoms with Gasteiger partial charge in [-0.3, -0.25) is 9.69 Å². The molecule has 2 saturated heterocycles. The Balaban J connectivity index is 1.97. The summed E-state index contributed by atoms with van der Waals surface area (Å²) in [5, 5.41) is 12.5. The highest BCUT2D eigenvalue weighted by molar-refractivity contribution is 5.72. The first-order valence-electron chi connectivity index (χ1n) is 5.39. The van der Waals surface area contributed by atoms with Crippen LogP contribution in [0.4, 0.5) is 0 Å². The van der Waals surface area contributed by atoms with Gasteiger partial charge in [-0.1, -0.05) is 0 Å². The van der Waals surface area contributed by atoms with Crippen molar-refractivity contribution >= 4 is 5.97 Å². The number of hydrogen-bond acceptors (Lipinski definition) is 3. The molecule has 2 bridgehead atoms. The summed E-state index contributed by atoms with van der Waals surface area (Å²) in [5.41, 5.74) is 0. The largest absolute Gasteiger partial charge is 0.480 e.